The van der Waals surface area contributed by atoms with Gasteiger partial charge in [0.2, 0.25) is 0 Å². The van der Waals surface area contributed by atoms with E-state index in [0.717, 1.165) is 16.8 Å². The third-order valence-corrected chi connectivity index (χ3v) is 6.74. The molecule has 9 heteroatoms. The molecule has 4 aromatic rings. The van der Waals surface area contributed by atoms with Gasteiger partial charge in [-0.25, -0.2) is 9.97 Å². The first-order chi connectivity index (χ1) is 17.9. The summed E-state index contributed by atoms with van der Waals surface area (Å²) in [5, 5.41) is 0.545. The van der Waals surface area contributed by atoms with Gasteiger partial charge in [0, 0.05) is 54.0 Å². The molecule has 8 nitrogen and oxygen atoms in total. The lowest BCUT2D eigenvalue weighted by Gasteiger charge is -2.14. The second-order valence-corrected chi connectivity index (χ2v) is 9.41. The number of ketones is 1. The van der Waals surface area contributed by atoms with Crippen LogP contribution in [0.4, 0.5) is 0 Å². The van der Waals surface area contributed by atoms with E-state index in [-0.39, 0.29) is 24.2 Å². The van der Waals surface area contributed by atoms with Crippen molar-refractivity contribution in [3.05, 3.63) is 112 Å². The molecule has 0 radical (unpaired) electrons. The zero-order valence-electron chi connectivity index (χ0n) is 20.6. The van der Waals surface area contributed by atoms with Crippen LogP contribution in [0.25, 0.3) is 5.69 Å². The maximum Gasteiger partial charge on any atom is 0.305 e. The highest BCUT2D eigenvalue weighted by atomic mass is 32.2. The molecule has 0 N–H and O–H groups in total. The lowest BCUT2D eigenvalue weighted by atomic mass is 10.1. The van der Waals surface area contributed by atoms with E-state index in [1.165, 1.54) is 30.8 Å². The topological polar surface area (TPSA) is 104 Å². The number of thioether (sulfide) groups is 1. The Bertz CT molecular complexity index is 1440. The number of carbonyl (C=O) groups excluding carboxylic acids is 2. The second-order valence-electron chi connectivity index (χ2n) is 8.47. The number of hydrogen-bond acceptors (Lipinski definition) is 8. The SMILES string of the molecule is COC(=O)CCC(=O)c1ccc(-n2cc(Cc3cncnc3)c(=O)nc2SCc2ccc(C)cc2)cc1. The van der Waals surface area contributed by atoms with Gasteiger partial charge in [-0.1, -0.05) is 41.6 Å². The molecule has 0 saturated carbocycles. The number of benzene rings is 2. The van der Waals surface area contributed by atoms with E-state index in [4.69, 9.17) is 0 Å². The fourth-order valence-corrected chi connectivity index (χ4v) is 4.56. The van der Waals surface area contributed by atoms with Crippen LogP contribution < -0.4 is 5.56 Å². The smallest absolute Gasteiger partial charge is 0.305 e. The Morgan fingerprint density at radius 1 is 0.946 bits per heavy atom. The Kier molecular flexibility index (Phi) is 8.58. The number of nitrogens with zero attached hydrogens (tertiary/aromatic N) is 4. The monoisotopic (exact) mass is 514 g/mol. The van der Waals surface area contributed by atoms with Crippen LogP contribution in [-0.2, 0) is 21.7 Å². The van der Waals surface area contributed by atoms with Crippen molar-refractivity contribution in [2.45, 2.75) is 37.1 Å². The van der Waals surface area contributed by atoms with E-state index in [0.29, 0.717) is 28.5 Å². The highest BCUT2D eigenvalue weighted by Gasteiger charge is 2.14. The molecular formula is C28H26N4O4S. The van der Waals surface area contributed by atoms with E-state index >= 15 is 0 Å². The van der Waals surface area contributed by atoms with Crippen LogP contribution in [0.2, 0.25) is 0 Å². The average Bonchev–Trinajstić information content (AvgIpc) is 2.93. The van der Waals surface area contributed by atoms with Gasteiger partial charge in [0.15, 0.2) is 10.9 Å². The Morgan fingerprint density at radius 2 is 1.65 bits per heavy atom. The zero-order valence-corrected chi connectivity index (χ0v) is 21.4. The van der Waals surface area contributed by atoms with Gasteiger partial charge in [0.05, 0.1) is 13.5 Å². The summed E-state index contributed by atoms with van der Waals surface area (Å²) in [6.07, 6.45) is 7.03. The number of Topliss-reactive ketones (excluding diaryl/α,β-unsaturated/α-hetero) is 1. The first-order valence-electron chi connectivity index (χ1n) is 11.7. The molecule has 4 rings (SSSR count). The van der Waals surface area contributed by atoms with Crippen molar-refractivity contribution >= 4 is 23.5 Å². The number of carbonyl (C=O) groups is 2. The van der Waals surface area contributed by atoms with E-state index in [1.54, 1.807) is 30.7 Å². The van der Waals surface area contributed by atoms with E-state index in [1.807, 2.05) is 23.6 Å². The molecule has 2 aromatic heterocycles. The van der Waals surface area contributed by atoms with Gasteiger partial charge in [-0.2, -0.15) is 4.98 Å². The molecule has 0 saturated heterocycles. The number of methoxy groups -OCH3 is 1. The van der Waals surface area contributed by atoms with Gasteiger partial charge >= 0.3 is 5.97 Å². The van der Waals surface area contributed by atoms with Crippen molar-refractivity contribution in [2.75, 3.05) is 7.11 Å². The fourth-order valence-electron chi connectivity index (χ4n) is 3.63. The second kappa shape index (κ2) is 12.2. The molecule has 0 spiro atoms. The zero-order chi connectivity index (χ0) is 26.2. The molecular weight excluding hydrogens is 488 g/mol. The van der Waals surface area contributed by atoms with Gasteiger partial charge < -0.3 is 4.74 Å². The lowest BCUT2D eigenvalue weighted by molar-refractivity contribution is -0.140. The number of hydrogen-bond donors (Lipinski definition) is 0. The molecule has 0 atom stereocenters. The first kappa shape index (κ1) is 26.0. The highest BCUT2D eigenvalue weighted by Crippen LogP contribution is 2.24. The van der Waals surface area contributed by atoms with E-state index < -0.39 is 5.97 Å². The molecule has 2 heterocycles. The summed E-state index contributed by atoms with van der Waals surface area (Å²) in [6, 6.07) is 15.3. The molecule has 0 aliphatic carbocycles. The molecule has 0 bridgehead atoms. The summed E-state index contributed by atoms with van der Waals surface area (Å²) in [7, 11) is 1.30. The average molecular weight is 515 g/mol. The van der Waals surface area contributed by atoms with Crippen LogP contribution in [0.15, 0.2) is 83.4 Å². The van der Waals surface area contributed by atoms with Crippen LogP contribution in [0, 0.1) is 6.92 Å². The fraction of sp³-hybridized carbons (Fsp3) is 0.214. The van der Waals surface area contributed by atoms with Crippen molar-refractivity contribution < 1.29 is 14.3 Å². The summed E-state index contributed by atoms with van der Waals surface area (Å²) in [5.74, 6) is 0.0764. The van der Waals surface area contributed by atoms with Crippen molar-refractivity contribution in [3.63, 3.8) is 0 Å². The maximum atomic E-state index is 12.9. The molecule has 0 fully saturated rings. The van der Waals surface area contributed by atoms with Crippen molar-refractivity contribution in [3.8, 4) is 5.69 Å². The molecule has 2 aromatic carbocycles. The minimum atomic E-state index is -0.420. The van der Waals surface area contributed by atoms with E-state index in [2.05, 4.69) is 44.0 Å². The van der Waals surface area contributed by atoms with Crippen molar-refractivity contribution in [1.82, 2.24) is 19.5 Å². The molecule has 188 valence electrons. The van der Waals surface area contributed by atoms with E-state index in [9.17, 15) is 14.4 Å². The lowest BCUT2D eigenvalue weighted by Crippen LogP contribution is -2.19. The summed E-state index contributed by atoms with van der Waals surface area (Å²) in [5.41, 5.74) is 4.56. The summed E-state index contributed by atoms with van der Waals surface area (Å²) < 4.78 is 6.48. The van der Waals surface area contributed by atoms with Crippen LogP contribution in [0.5, 0.6) is 0 Å². The van der Waals surface area contributed by atoms with Gasteiger partial charge in [-0.15, -0.1) is 0 Å². The first-order valence-corrected chi connectivity index (χ1v) is 12.7. The summed E-state index contributed by atoms with van der Waals surface area (Å²) >= 11 is 1.46. The summed E-state index contributed by atoms with van der Waals surface area (Å²) in [6.45, 7) is 2.04. The normalized spacial score (nSPS) is 10.8. The van der Waals surface area contributed by atoms with Crippen LogP contribution in [0.3, 0.4) is 0 Å². The quantitative estimate of drug-likeness (QED) is 0.133. The van der Waals surface area contributed by atoms with Crippen LogP contribution in [-0.4, -0.2) is 38.4 Å². The highest BCUT2D eigenvalue weighted by molar-refractivity contribution is 7.98. The summed E-state index contributed by atoms with van der Waals surface area (Å²) in [4.78, 5) is 49.2. The minimum absolute atomic E-state index is 0.0348. The van der Waals surface area contributed by atoms with Crippen LogP contribution in [0.1, 0.15) is 45.5 Å². The number of ether oxygens (including phenoxy) is 1. The van der Waals surface area contributed by atoms with Gasteiger partial charge in [0.25, 0.3) is 5.56 Å². The number of rotatable bonds is 10. The molecule has 0 amide bonds. The standard InChI is InChI=1S/C28H26N4O4S/c1-19-3-5-20(6-4-19)17-37-28-31-27(35)23(13-21-14-29-18-30-15-21)16-32(28)24-9-7-22(8-10-24)25(33)11-12-26(34)36-2/h3-10,14-16,18H,11-13,17H2,1-2H3. The number of aromatic nitrogens is 4. The molecule has 0 aliphatic rings. The molecule has 37 heavy (non-hydrogen) atoms. The Labute approximate surface area is 218 Å². The Hall–Kier alpha value is -4.11. The van der Waals surface area contributed by atoms with Crippen molar-refractivity contribution in [1.29, 1.82) is 0 Å². The number of esters is 1. The van der Waals surface area contributed by atoms with Gasteiger partial charge in [0.1, 0.15) is 6.33 Å². The minimum Gasteiger partial charge on any atom is -0.469 e. The molecule has 0 aliphatic heterocycles. The Balaban J connectivity index is 1.63. The Morgan fingerprint density at radius 3 is 2.32 bits per heavy atom. The van der Waals surface area contributed by atoms with Gasteiger partial charge in [-0.05, 0) is 42.3 Å². The molecule has 0 unspecified atom stereocenters. The number of aryl methyl sites for hydroxylation is 1. The third kappa shape index (κ3) is 6.98. The van der Waals surface area contributed by atoms with Gasteiger partial charge in [-0.3, -0.25) is 19.0 Å². The maximum absolute atomic E-state index is 12.9. The predicted molar refractivity (Wildman–Crippen MR) is 141 cm³/mol. The van der Waals surface area contributed by atoms with Crippen molar-refractivity contribution in [2.24, 2.45) is 0 Å². The predicted octanol–water partition coefficient (Wildman–Crippen LogP) is 4.35. The largest absolute Gasteiger partial charge is 0.469 e. The van der Waals surface area contributed by atoms with Crippen LogP contribution >= 0.6 is 11.8 Å². The third-order valence-electron chi connectivity index (χ3n) is 5.71.